The second kappa shape index (κ2) is 7.68. The number of carbonyl (C=O) groups is 3. The van der Waals surface area contributed by atoms with Gasteiger partial charge in [-0.25, -0.2) is 10.2 Å². The molecule has 0 unspecified atom stereocenters. The molecule has 0 aliphatic heterocycles. The van der Waals surface area contributed by atoms with Crippen LogP contribution in [0.3, 0.4) is 0 Å². The number of nitrogens with zero attached hydrogens (tertiary/aromatic N) is 1. The van der Waals surface area contributed by atoms with Crippen LogP contribution >= 0.6 is 0 Å². The summed E-state index contributed by atoms with van der Waals surface area (Å²) in [6.07, 6.45) is 1.17. The lowest BCUT2D eigenvalue weighted by atomic mass is 10.1. The maximum atomic E-state index is 11.8. The molecule has 0 aliphatic rings. The molecule has 2 aromatic carbocycles. The smallest absolute Gasteiger partial charge is 0.336 e. The van der Waals surface area contributed by atoms with Gasteiger partial charge in [-0.1, -0.05) is 36.4 Å². The van der Waals surface area contributed by atoms with Gasteiger partial charge in [0, 0.05) is 11.3 Å². The Bertz CT molecular complexity index is 815. The van der Waals surface area contributed by atoms with Crippen molar-refractivity contribution in [1.82, 2.24) is 5.43 Å². The molecule has 0 spiro atoms. The Morgan fingerprint density at radius 3 is 2.38 bits per heavy atom. The summed E-state index contributed by atoms with van der Waals surface area (Å²) in [4.78, 5) is 34.6. The van der Waals surface area contributed by atoms with Crippen LogP contribution in [0, 0.1) is 6.92 Å². The van der Waals surface area contributed by atoms with Crippen LogP contribution in [-0.4, -0.2) is 29.1 Å². The zero-order chi connectivity index (χ0) is 17.5. The van der Waals surface area contributed by atoms with Crippen LogP contribution in [0.5, 0.6) is 0 Å². The third-order valence-electron chi connectivity index (χ3n) is 3.16. The van der Waals surface area contributed by atoms with E-state index in [0.717, 1.165) is 5.56 Å². The maximum Gasteiger partial charge on any atom is 0.336 e. The molecule has 0 saturated heterocycles. The Kier molecular flexibility index (Phi) is 5.40. The van der Waals surface area contributed by atoms with E-state index in [1.165, 1.54) is 18.3 Å². The number of aryl methyl sites for hydroxylation is 1. The van der Waals surface area contributed by atoms with E-state index in [4.69, 9.17) is 5.11 Å². The van der Waals surface area contributed by atoms with Crippen molar-refractivity contribution in [2.24, 2.45) is 5.10 Å². The number of hydrogen-bond donors (Lipinski definition) is 3. The van der Waals surface area contributed by atoms with E-state index in [-0.39, 0.29) is 5.56 Å². The van der Waals surface area contributed by atoms with Gasteiger partial charge in [0.25, 0.3) is 0 Å². The fourth-order valence-electron chi connectivity index (χ4n) is 1.91. The zero-order valence-corrected chi connectivity index (χ0v) is 12.8. The van der Waals surface area contributed by atoms with Gasteiger partial charge >= 0.3 is 17.8 Å². The van der Waals surface area contributed by atoms with E-state index >= 15 is 0 Å². The first-order chi connectivity index (χ1) is 11.5. The molecule has 0 heterocycles. The van der Waals surface area contributed by atoms with Gasteiger partial charge in [-0.3, -0.25) is 9.59 Å². The summed E-state index contributed by atoms with van der Waals surface area (Å²) < 4.78 is 0. The van der Waals surface area contributed by atoms with Crippen molar-refractivity contribution >= 4 is 29.7 Å². The van der Waals surface area contributed by atoms with Gasteiger partial charge in [0.15, 0.2) is 0 Å². The number of benzene rings is 2. The molecule has 0 aromatic heterocycles. The number of anilines is 1. The molecule has 0 fully saturated rings. The van der Waals surface area contributed by atoms with Gasteiger partial charge < -0.3 is 10.4 Å². The van der Waals surface area contributed by atoms with Crippen molar-refractivity contribution in [3.8, 4) is 0 Å². The largest absolute Gasteiger partial charge is 0.478 e. The van der Waals surface area contributed by atoms with Gasteiger partial charge in [-0.05, 0) is 24.6 Å². The lowest BCUT2D eigenvalue weighted by molar-refractivity contribution is -0.136. The molecule has 2 amide bonds. The van der Waals surface area contributed by atoms with Gasteiger partial charge in [-0.15, -0.1) is 0 Å². The van der Waals surface area contributed by atoms with Crippen molar-refractivity contribution in [1.29, 1.82) is 0 Å². The van der Waals surface area contributed by atoms with Crippen molar-refractivity contribution in [3.63, 3.8) is 0 Å². The molecule has 7 heteroatoms. The van der Waals surface area contributed by atoms with Gasteiger partial charge in [0.05, 0.1) is 11.8 Å². The molecule has 2 aromatic rings. The highest BCUT2D eigenvalue weighted by Crippen LogP contribution is 2.12. The third-order valence-corrected chi connectivity index (χ3v) is 3.16. The van der Waals surface area contributed by atoms with Crippen LogP contribution in [0.25, 0.3) is 0 Å². The maximum absolute atomic E-state index is 11.8. The van der Waals surface area contributed by atoms with Crippen LogP contribution in [-0.2, 0) is 9.59 Å². The van der Waals surface area contributed by atoms with E-state index in [0.29, 0.717) is 11.3 Å². The predicted octanol–water partition coefficient (Wildman–Crippen LogP) is 1.78. The van der Waals surface area contributed by atoms with Crippen molar-refractivity contribution in [3.05, 3.63) is 65.2 Å². The highest BCUT2D eigenvalue weighted by Gasteiger charge is 2.14. The first-order valence-electron chi connectivity index (χ1n) is 7.01. The normalized spacial score (nSPS) is 10.4. The van der Waals surface area contributed by atoms with E-state index in [9.17, 15) is 14.4 Å². The number of carboxylic acid groups (broad SMARTS) is 1. The molecule has 0 atom stereocenters. The standard InChI is InChI=1S/C17H15N3O4/c1-11-6-2-5-9-14(11)19-15(21)16(22)20-18-10-12-7-3-4-8-13(12)17(23)24/h2-10H,1H3,(H,19,21)(H,20,22)(H,23,24)/b18-10-. The van der Waals surface area contributed by atoms with Gasteiger partial charge in [-0.2, -0.15) is 5.10 Å². The molecule has 122 valence electrons. The number of nitrogens with one attached hydrogen (secondary N) is 2. The Hall–Kier alpha value is -3.48. The fraction of sp³-hybridized carbons (Fsp3) is 0.0588. The van der Waals surface area contributed by atoms with Crippen LogP contribution in [0.2, 0.25) is 0 Å². The molecule has 24 heavy (non-hydrogen) atoms. The minimum atomic E-state index is -1.11. The minimum absolute atomic E-state index is 0.0415. The van der Waals surface area contributed by atoms with Crippen LogP contribution in [0.15, 0.2) is 53.6 Å². The first kappa shape index (κ1) is 16.9. The van der Waals surface area contributed by atoms with E-state index < -0.39 is 17.8 Å². The summed E-state index contributed by atoms with van der Waals surface area (Å²) in [6.45, 7) is 1.80. The molecule has 0 bridgehead atoms. The Balaban J connectivity index is 1.99. The zero-order valence-electron chi connectivity index (χ0n) is 12.8. The monoisotopic (exact) mass is 325 g/mol. The van der Waals surface area contributed by atoms with Crippen LogP contribution in [0.4, 0.5) is 5.69 Å². The Labute approximate surface area is 138 Å². The van der Waals surface area contributed by atoms with Gasteiger partial charge in [0.1, 0.15) is 0 Å². The summed E-state index contributed by atoms with van der Waals surface area (Å²) in [6, 6.07) is 13.2. The third kappa shape index (κ3) is 4.26. The summed E-state index contributed by atoms with van der Waals surface area (Å²) >= 11 is 0. The molecule has 3 N–H and O–H groups in total. The second-order valence-corrected chi connectivity index (χ2v) is 4.86. The molecule has 0 aliphatic carbocycles. The van der Waals surface area contributed by atoms with Crippen molar-refractivity contribution in [2.75, 3.05) is 5.32 Å². The average Bonchev–Trinajstić information content (AvgIpc) is 2.57. The summed E-state index contributed by atoms with van der Waals surface area (Å²) in [5, 5.41) is 15.1. The number of aromatic carboxylic acids is 1. The van der Waals surface area contributed by atoms with E-state index in [2.05, 4.69) is 15.8 Å². The molecule has 7 nitrogen and oxygen atoms in total. The lowest BCUT2D eigenvalue weighted by Gasteiger charge is -2.06. The number of para-hydroxylation sites is 1. The molecular weight excluding hydrogens is 310 g/mol. The highest BCUT2D eigenvalue weighted by atomic mass is 16.4. The summed E-state index contributed by atoms with van der Waals surface area (Å²) in [5.74, 6) is -2.93. The second-order valence-electron chi connectivity index (χ2n) is 4.86. The van der Waals surface area contributed by atoms with E-state index in [1.807, 2.05) is 6.07 Å². The number of hydrogen-bond acceptors (Lipinski definition) is 4. The fourth-order valence-corrected chi connectivity index (χ4v) is 1.91. The van der Waals surface area contributed by atoms with Gasteiger partial charge in [0.2, 0.25) is 0 Å². The van der Waals surface area contributed by atoms with E-state index in [1.54, 1.807) is 37.3 Å². The molecule has 0 saturated carbocycles. The Morgan fingerprint density at radius 2 is 1.67 bits per heavy atom. The topological polar surface area (TPSA) is 108 Å². The van der Waals surface area contributed by atoms with Crippen molar-refractivity contribution in [2.45, 2.75) is 6.92 Å². The first-order valence-corrected chi connectivity index (χ1v) is 7.01. The quantitative estimate of drug-likeness (QED) is 0.452. The lowest BCUT2D eigenvalue weighted by Crippen LogP contribution is -2.32. The number of hydrazone groups is 1. The summed E-state index contributed by atoms with van der Waals surface area (Å²) in [5.41, 5.74) is 3.76. The van der Waals surface area contributed by atoms with Crippen LogP contribution in [0.1, 0.15) is 21.5 Å². The molecular formula is C17H15N3O4. The molecule has 2 rings (SSSR count). The summed E-state index contributed by atoms with van der Waals surface area (Å²) in [7, 11) is 0. The highest BCUT2D eigenvalue weighted by molar-refractivity contribution is 6.39. The average molecular weight is 325 g/mol. The number of carbonyl (C=O) groups excluding carboxylic acids is 2. The van der Waals surface area contributed by atoms with Crippen LogP contribution < -0.4 is 10.7 Å². The number of amides is 2. The number of rotatable bonds is 4. The van der Waals surface area contributed by atoms with Crippen molar-refractivity contribution < 1.29 is 19.5 Å². The Morgan fingerprint density at radius 1 is 1.00 bits per heavy atom. The predicted molar refractivity (Wildman–Crippen MR) is 88.9 cm³/mol. The minimum Gasteiger partial charge on any atom is -0.478 e. The molecule has 0 radical (unpaired) electrons. The number of carboxylic acids is 1. The SMILES string of the molecule is Cc1ccccc1NC(=O)C(=O)N/N=C\c1ccccc1C(=O)O.